The summed E-state index contributed by atoms with van der Waals surface area (Å²) >= 11 is 14.9. The van der Waals surface area contributed by atoms with Crippen molar-refractivity contribution in [2.24, 2.45) is 22.3 Å². The van der Waals surface area contributed by atoms with Crippen LogP contribution in [0.4, 0.5) is 0 Å². The second kappa shape index (κ2) is 24.5. The van der Waals surface area contributed by atoms with E-state index in [-0.39, 0.29) is 70.2 Å². The SMILES string of the molecule is CN[C@@H](C)C(=S)NC1CC([C@H](COCC#CC#CCOC[C@H](c2ccccc2)C2CC(NC(=S)[C@H](C)NC)C(=O)N3C(CC(C)(C)C3C(N)=O)S2)c2ccccc2)SC2CC(C)(C)C(C(N)=O)N2C1=O. The van der Waals surface area contributed by atoms with E-state index in [2.05, 4.69) is 69.2 Å². The number of primary amides is 2. The van der Waals surface area contributed by atoms with Crippen LogP contribution < -0.4 is 32.7 Å². The van der Waals surface area contributed by atoms with E-state index >= 15 is 0 Å². The van der Waals surface area contributed by atoms with Crippen molar-refractivity contribution in [2.45, 2.75) is 137 Å². The molecule has 2 aromatic rings. The van der Waals surface area contributed by atoms with E-state index in [0.29, 0.717) is 48.9 Å². The molecular weight excluding hydrogens is 961 g/mol. The summed E-state index contributed by atoms with van der Waals surface area (Å²) in [7, 11) is 3.63. The zero-order chi connectivity index (χ0) is 50.9. The van der Waals surface area contributed by atoms with Crippen LogP contribution in [-0.4, -0.2) is 141 Å². The Labute approximate surface area is 433 Å². The molecule has 2 aromatic carbocycles. The zero-order valence-electron chi connectivity index (χ0n) is 41.5. The number of thiocarbonyl (C=S) groups is 2. The number of carbonyl (C=O) groups excluding carboxylic acids is 4. The summed E-state index contributed by atoms with van der Waals surface area (Å²) in [5.74, 6) is 10.3. The van der Waals surface area contributed by atoms with Gasteiger partial charge in [0.2, 0.25) is 23.6 Å². The smallest absolute Gasteiger partial charge is 0.246 e. The molecule has 8 N–H and O–H groups in total. The van der Waals surface area contributed by atoms with E-state index in [1.165, 1.54) is 0 Å². The zero-order valence-corrected chi connectivity index (χ0v) is 44.8. The maximum absolute atomic E-state index is 14.4. The van der Waals surface area contributed by atoms with E-state index in [1.807, 2.05) is 92.0 Å². The Morgan fingerprint density at radius 2 is 1.04 bits per heavy atom. The number of nitrogens with one attached hydrogen (secondary N) is 4. The van der Waals surface area contributed by atoms with E-state index < -0.39 is 46.8 Å². The molecule has 0 saturated carbocycles. The molecular formula is C52H70N8O6S4. The molecule has 4 aliphatic rings. The second-order valence-electron chi connectivity index (χ2n) is 20.0. The van der Waals surface area contributed by atoms with Gasteiger partial charge in [-0.05, 0) is 87.4 Å². The van der Waals surface area contributed by atoms with Crippen LogP contribution in [0, 0.1) is 34.5 Å². The molecule has 0 radical (unpaired) electrons. The normalized spacial score (nSPS) is 27.4. The summed E-state index contributed by atoms with van der Waals surface area (Å²) < 4.78 is 12.6. The number of fused-ring (bicyclic) bond motifs is 2. The van der Waals surface area contributed by atoms with Crippen molar-refractivity contribution in [3.8, 4) is 23.7 Å². The predicted octanol–water partition coefficient (Wildman–Crippen LogP) is 4.27. The number of rotatable bonds is 18. The van der Waals surface area contributed by atoms with Gasteiger partial charge in [0, 0.05) is 22.3 Å². The molecule has 4 amide bonds. The number of benzene rings is 2. The summed E-state index contributed by atoms with van der Waals surface area (Å²) in [5.41, 5.74) is 13.1. The van der Waals surface area contributed by atoms with Gasteiger partial charge in [0.05, 0.1) is 46.0 Å². The predicted molar refractivity (Wildman–Crippen MR) is 288 cm³/mol. The van der Waals surface area contributed by atoms with Gasteiger partial charge in [0.15, 0.2) is 0 Å². The quantitative estimate of drug-likeness (QED) is 0.0705. The number of hydrogen-bond acceptors (Lipinski definition) is 12. The minimum absolute atomic E-state index is 0.0897. The van der Waals surface area contributed by atoms with Crippen LogP contribution in [0.3, 0.4) is 0 Å². The Balaban J connectivity index is 1.13. The number of amides is 4. The largest absolute Gasteiger partial charge is 0.368 e. The fourth-order valence-corrected chi connectivity index (χ4v) is 14.8. The van der Waals surface area contributed by atoms with Crippen LogP contribution >= 0.6 is 48.0 Å². The lowest BCUT2D eigenvalue weighted by molar-refractivity contribution is -0.141. The number of ether oxygens (including phenoxy) is 2. The van der Waals surface area contributed by atoms with Crippen molar-refractivity contribution in [3.63, 3.8) is 0 Å². The first-order valence-corrected chi connectivity index (χ1v) is 26.7. The highest BCUT2D eigenvalue weighted by Gasteiger charge is 2.57. The third-order valence-electron chi connectivity index (χ3n) is 14.1. The van der Waals surface area contributed by atoms with Crippen LogP contribution in [0.2, 0.25) is 0 Å². The molecule has 12 atom stereocenters. The lowest BCUT2D eigenvalue weighted by atomic mass is 9.84. The molecule has 4 saturated heterocycles. The number of hydrogen-bond donors (Lipinski definition) is 6. The standard InChI is InChI=1S/C52H70N8O6S4/c1-31(55-7)47(67)57-37-25-39(69-41-27-51(3,4)43(45(53)61)59(41)49(37)63)35(33-19-13-11-14-20-33)29-65-23-17-9-10-18-24-66-30-36(34-21-15-12-16-22-34)40-26-38(58-48(68)32(2)56-8)50(64)60-42(70-40)28-52(5,6)44(60)46(54)62/h11-16,19-22,31-32,35-44,55-56H,23-30H2,1-8H3,(H2,53,61)(H2,54,62)(H,57,67)(H,58,68)/t31-,32-,35+,36+,37?,38?,39?,40?,41?,42?,43?,44?/m0/s1. The fourth-order valence-electron chi connectivity index (χ4n) is 10.2. The first-order chi connectivity index (χ1) is 33.3. The number of nitrogens with zero attached hydrogens (tertiary/aromatic N) is 2. The topological polar surface area (TPSA) is 193 Å². The van der Waals surface area contributed by atoms with Crippen molar-refractivity contribution in [2.75, 3.05) is 40.5 Å². The minimum atomic E-state index is -0.751. The highest BCUT2D eigenvalue weighted by Crippen LogP contribution is 2.51. The average Bonchev–Trinajstić information content (AvgIpc) is 3.67. The van der Waals surface area contributed by atoms with Crippen LogP contribution in [0.5, 0.6) is 0 Å². The highest BCUT2D eigenvalue weighted by molar-refractivity contribution is 8.00. The summed E-state index contributed by atoms with van der Waals surface area (Å²) in [6.45, 7) is 12.8. The number of nitrogens with two attached hydrogens (primary N) is 2. The highest BCUT2D eigenvalue weighted by atomic mass is 32.2. The molecule has 0 aromatic heterocycles. The van der Waals surface area contributed by atoms with Gasteiger partial charge in [0.1, 0.15) is 37.4 Å². The molecule has 4 aliphatic heterocycles. The van der Waals surface area contributed by atoms with E-state index in [9.17, 15) is 19.2 Å². The monoisotopic (exact) mass is 1030 g/mol. The molecule has 18 heteroatoms. The van der Waals surface area contributed by atoms with Gasteiger partial charge in [-0.1, -0.05) is 125 Å². The van der Waals surface area contributed by atoms with Crippen molar-refractivity contribution in [1.29, 1.82) is 0 Å². The van der Waals surface area contributed by atoms with Gasteiger partial charge in [-0.25, -0.2) is 0 Å². The first kappa shape index (κ1) is 55.1. The lowest BCUT2D eigenvalue weighted by Crippen LogP contribution is -2.57. The average molecular weight is 1030 g/mol. The van der Waals surface area contributed by atoms with E-state index in [1.54, 1.807) is 33.3 Å². The summed E-state index contributed by atoms with van der Waals surface area (Å²) in [5, 5.41) is 12.3. The molecule has 4 fully saturated rings. The number of thioether (sulfide) groups is 2. The Morgan fingerprint density at radius 3 is 1.37 bits per heavy atom. The van der Waals surface area contributed by atoms with Crippen molar-refractivity contribution in [3.05, 3.63) is 71.8 Å². The second-order valence-corrected chi connectivity index (χ2v) is 23.8. The molecule has 0 bridgehead atoms. The Morgan fingerprint density at radius 1 is 0.686 bits per heavy atom. The van der Waals surface area contributed by atoms with Crippen LogP contribution in [0.1, 0.15) is 90.2 Å². The van der Waals surface area contributed by atoms with E-state index in [4.69, 9.17) is 45.4 Å². The number of carbonyl (C=O) groups is 4. The van der Waals surface area contributed by atoms with Crippen LogP contribution in [-0.2, 0) is 28.7 Å². The van der Waals surface area contributed by atoms with Gasteiger partial charge in [0.25, 0.3) is 0 Å². The summed E-state index contributed by atoms with van der Waals surface area (Å²) in [6.07, 6.45) is 2.13. The van der Waals surface area contributed by atoms with Crippen LogP contribution in [0.15, 0.2) is 60.7 Å². The molecule has 378 valence electrons. The Bertz CT molecular complexity index is 2180. The van der Waals surface area contributed by atoms with Gasteiger partial charge in [-0.15, -0.1) is 23.5 Å². The molecule has 8 unspecified atom stereocenters. The first-order valence-electron chi connectivity index (χ1n) is 24.0. The molecule has 70 heavy (non-hydrogen) atoms. The van der Waals surface area contributed by atoms with Crippen molar-refractivity contribution in [1.82, 2.24) is 31.1 Å². The third kappa shape index (κ3) is 13.0. The lowest BCUT2D eigenvalue weighted by Gasteiger charge is -2.33. The molecule has 6 rings (SSSR count). The Kier molecular flexibility index (Phi) is 19.2. The molecule has 0 spiro atoms. The van der Waals surface area contributed by atoms with Gasteiger partial charge in [-0.3, -0.25) is 19.2 Å². The third-order valence-corrected chi connectivity index (χ3v) is 18.2. The number of likely N-dealkylation sites (N-methyl/N-ethyl adjacent to an activating group) is 2. The molecule has 4 heterocycles. The van der Waals surface area contributed by atoms with E-state index in [0.717, 1.165) is 11.1 Å². The maximum atomic E-state index is 14.4. The van der Waals surface area contributed by atoms with Crippen LogP contribution in [0.25, 0.3) is 0 Å². The van der Waals surface area contributed by atoms with Gasteiger partial charge >= 0.3 is 0 Å². The molecule has 14 nitrogen and oxygen atoms in total. The Hall–Kier alpha value is -4.24. The molecule has 0 aliphatic carbocycles. The summed E-state index contributed by atoms with van der Waals surface area (Å²) in [6, 6.07) is 17.1. The van der Waals surface area contributed by atoms with Crippen molar-refractivity contribution < 1.29 is 28.7 Å². The van der Waals surface area contributed by atoms with Gasteiger partial charge in [-0.2, -0.15) is 0 Å². The fraction of sp³-hybridized carbons (Fsp3) is 0.577. The summed E-state index contributed by atoms with van der Waals surface area (Å²) in [4.78, 5) is 59.1. The van der Waals surface area contributed by atoms with Crippen molar-refractivity contribution >= 4 is 81.6 Å². The maximum Gasteiger partial charge on any atom is 0.246 e. The minimum Gasteiger partial charge on any atom is -0.368 e. The van der Waals surface area contributed by atoms with Gasteiger partial charge < -0.3 is 52.0 Å².